The fourth-order valence-corrected chi connectivity index (χ4v) is 1.78. The van der Waals surface area contributed by atoms with Crippen LogP contribution in [-0.4, -0.2) is 62.2 Å². The SMILES string of the molecule is N[C@]1(C(=O)O)C[C@H](C(=O)O)N(C(=O)/C=C\C(=O)O)C1. The Hall–Kier alpha value is -2.42. The second kappa shape index (κ2) is 5.06. The van der Waals surface area contributed by atoms with E-state index in [1.165, 1.54) is 0 Å². The van der Waals surface area contributed by atoms with Crippen molar-refractivity contribution in [2.45, 2.75) is 18.0 Å². The van der Waals surface area contributed by atoms with Crippen LogP contribution in [0.3, 0.4) is 0 Å². The van der Waals surface area contributed by atoms with Gasteiger partial charge in [0.05, 0.1) is 6.54 Å². The van der Waals surface area contributed by atoms with Gasteiger partial charge < -0.3 is 26.0 Å². The van der Waals surface area contributed by atoms with Crippen LogP contribution in [0.2, 0.25) is 0 Å². The van der Waals surface area contributed by atoms with Gasteiger partial charge in [-0.3, -0.25) is 9.59 Å². The summed E-state index contributed by atoms with van der Waals surface area (Å²) in [4.78, 5) is 44.6. The Kier molecular flexibility index (Phi) is 3.90. The lowest BCUT2D eigenvalue weighted by Gasteiger charge is -2.20. The summed E-state index contributed by atoms with van der Waals surface area (Å²) in [6.45, 7) is -0.498. The van der Waals surface area contributed by atoms with E-state index in [0.717, 1.165) is 4.90 Å². The van der Waals surface area contributed by atoms with Crippen molar-refractivity contribution in [2.75, 3.05) is 6.54 Å². The van der Waals surface area contributed by atoms with Crippen molar-refractivity contribution in [2.24, 2.45) is 5.73 Å². The maximum Gasteiger partial charge on any atom is 0.328 e. The lowest BCUT2D eigenvalue weighted by Crippen LogP contribution is -2.50. The summed E-state index contributed by atoms with van der Waals surface area (Å²) in [6, 6.07) is -1.40. The molecule has 9 nitrogen and oxygen atoms in total. The number of carboxylic acids is 3. The molecular weight excluding hydrogens is 260 g/mol. The van der Waals surface area contributed by atoms with Crippen molar-refractivity contribution in [3.05, 3.63) is 12.2 Å². The molecule has 1 aliphatic rings. The number of rotatable bonds is 4. The Labute approximate surface area is 106 Å². The number of nitrogens with two attached hydrogens (primary N) is 1. The summed E-state index contributed by atoms with van der Waals surface area (Å²) in [5.74, 6) is -5.11. The topological polar surface area (TPSA) is 158 Å². The minimum atomic E-state index is -1.85. The van der Waals surface area contributed by atoms with Crippen LogP contribution in [0.25, 0.3) is 0 Å². The molecule has 0 saturated carbocycles. The molecule has 0 aliphatic carbocycles. The van der Waals surface area contributed by atoms with Crippen molar-refractivity contribution in [1.82, 2.24) is 4.90 Å². The molecule has 1 aliphatic heterocycles. The van der Waals surface area contributed by atoms with Crippen molar-refractivity contribution in [3.63, 3.8) is 0 Å². The van der Waals surface area contributed by atoms with Crippen molar-refractivity contribution in [3.8, 4) is 0 Å². The van der Waals surface area contributed by atoms with Gasteiger partial charge in [0, 0.05) is 18.6 Å². The van der Waals surface area contributed by atoms with Crippen LogP contribution in [0.15, 0.2) is 12.2 Å². The molecule has 0 aromatic heterocycles. The van der Waals surface area contributed by atoms with E-state index < -0.39 is 48.4 Å². The summed E-state index contributed by atoms with van der Waals surface area (Å²) in [5.41, 5.74) is 3.67. The predicted molar refractivity (Wildman–Crippen MR) is 59.1 cm³/mol. The number of hydrogen-bond acceptors (Lipinski definition) is 5. The zero-order valence-corrected chi connectivity index (χ0v) is 9.65. The monoisotopic (exact) mass is 272 g/mol. The number of nitrogens with zero attached hydrogens (tertiary/aromatic N) is 1. The second-order valence-corrected chi connectivity index (χ2v) is 4.16. The number of aliphatic carboxylic acids is 3. The minimum absolute atomic E-state index is 0.440. The molecule has 0 aromatic carbocycles. The lowest BCUT2D eigenvalue weighted by molar-refractivity contribution is -0.146. The summed E-state index contributed by atoms with van der Waals surface area (Å²) >= 11 is 0. The zero-order valence-electron chi connectivity index (χ0n) is 9.65. The molecule has 1 heterocycles. The number of carbonyl (C=O) groups excluding carboxylic acids is 1. The molecule has 0 bridgehead atoms. The van der Waals surface area contributed by atoms with Gasteiger partial charge in [0.1, 0.15) is 11.6 Å². The third-order valence-corrected chi connectivity index (χ3v) is 2.75. The van der Waals surface area contributed by atoms with Crippen LogP contribution in [0, 0.1) is 0 Å². The molecule has 2 atom stereocenters. The van der Waals surface area contributed by atoms with E-state index in [9.17, 15) is 19.2 Å². The molecule has 1 amide bonds. The summed E-state index contributed by atoms with van der Waals surface area (Å²) < 4.78 is 0. The average molecular weight is 272 g/mol. The van der Waals surface area contributed by atoms with Gasteiger partial charge in [0.15, 0.2) is 0 Å². The maximum atomic E-state index is 11.6. The highest BCUT2D eigenvalue weighted by atomic mass is 16.4. The second-order valence-electron chi connectivity index (χ2n) is 4.16. The number of carbonyl (C=O) groups is 4. The first-order chi connectivity index (χ1) is 8.67. The van der Waals surface area contributed by atoms with Gasteiger partial charge in [-0.2, -0.15) is 0 Å². The van der Waals surface area contributed by atoms with E-state index in [2.05, 4.69) is 0 Å². The van der Waals surface area contributed by atoms with Gasteiger partial charge >= 0.3 is 17.9 Å². The summed E-state index contributed by atoms with van der Waals surface area (Å²) in [7, 11) is 0. The average Bonchev–Trinajstić information content (AvgIpc) is 2.66. The molecule has 1 fully saturated rings. The van der Waals surface area contributed by atoms with Gasteiger partial charge in [0.25, 0.3) is 0 Å². The molecule has 0 unspecified atom stereocenters. The Morgan fingerprint density at radius 2 is 1.74 bits per heavy atom. The predicted octanol–water partition coefficient (Wildman–Crippen LogP) is -1.91. The highest BCUT2D eigenvalue weighted by Gasteiger charge is 2.50. The molecule has 0 radical (unpaired) electrons. The first-order valence-corrected chi connectivity index (χ1v) is 5.14. The number of hydrogen-bond donors (Lipinski definition) is 4. The van der Waals surface area contributed by atoms with Gasteiger partial charge in [-0.05, 0) is 0 Å². The van der Waals surface area contributed by atoms with Crippen LogP contribution in [0.5, 0.6) is 0 Å². The number of amides is 1. The zero-order chi connectivity index (χ0) is 14.8. The highest BCUT2D eigenvalue weighted by molar-refractivity contribution is 5.97. The van der Waals surface area contributed by atoms with E-state index >= 15 is 0 Å². The quantitative estimate of drug-likeness (QED) is 0.432. The van der Waals surface area contributed by atoms with Gasteiger partial charge in [-0.25, -0.2) is 9.59 Å². The lowest BCUT2D eigenvalue weighted by atomic mass is 9.98. The van der Waals surface area contributed by atoms with E-state index in [1.54, 1.807) is 0 Å². The van der Waals surface area contributed by atoms with Crippen LogP contribution in [0.4, 0.5) is 0 Å². The Balaban J connectivity index is 2.98. The third-order valence-electron chi connectivity index (χ3n) is 2.75. The molecular formula is C10H12N2O7. The van der Waals surface area contributed by atoms with Gasteiger partial charge in [-0.15, -0.1) is 0 Å². The fraction of sp³-hybridized carbons (Fsp3) is 0.400. The minimum Gasteiger partial charge on any atom is -0.480 e. The normalized spacial score (nSPS) is 26.6. The first-order valence-electron chi connectivity index (χ1n) is 5.14. The largest absolute Gasteiger partial charge is 0.480 e. The van der Waals surface area contributed by atoms with E-state index in [1.807, 2.05) is 0 Å². The Bertz CT molecular complexity index is 472. The smallest absolute Gasteiger partial charge is 0.328 e. The van der Waals surface area contributed by atoms with Crippen molar-refractivity contribution < 1.29 is 34.5 Å². The van der Waals surface area contributed by atoms with Crippen LogP contribution in [-0.2, 0) is 19.2 Å². The van der Waals surface area contributed by atoms with Crippen LogP contribution >= 0.6 is 0 Å². The van der Waals surface area contributed by atoms with Crippen molar-refractivity contribution >= 4 is 23.8 Å². The molecule has 104 valence electrons. The van der Waals surface area contributed by atoms with E-state index in [0.29, 0.717) is 12.2 Å². The fourth-order valence-electron chi connectivity index (χ4n) is 1.78. The highest BCUT2D eigenvalue weighted by Crippen LogP contribution is 2.26. The Morgan fingerprint density at radius 3 is 2.16 bits per heavy atom. The standard InChI is InChI=1S/C10H12N2O7/c11-10(9(18)19)3-5(8(16)17)12(4-10)6(13)1-2-7(14)15/h1-2,5H,3-4,11H2,(H,14,15)(H,16,17)(H,18,19)/b2-1-/t5-,10-/m1/s1. The molecule has 0 aromatic rings. The van der Waals surface area contributed by atoms with Gasteiger partial charge in [0.2, 0.25) is 5.91 Å². The summed E-state index contributed by atoms with van der Waals surface area (Å²) in [5, 5.41) is 26.2. The van der Waals surface area contributed by atoms with Crippen molar-refractivity contribution in [1.29, 1.82) is 0 Å². The van der Waals surface area contributed by atoms with E-state index in [-0.39, 0.29) is 0 Å². The van der Waals surface area contributed by atoms with Gasteiger partial charge in [-0.1, -0.05) is 0 Å². The molecule has 1 saturated heterocycles. The van der Waals surface area contributed by atoms with E-state index in [4.69, 9.17) is 21.1 Å². The molecule has 19 heavy (non-hydrogen) atoms. The molecule has 5 N–H and O–H groups in total. The van der Waals surface area contributed by atoms with Crippen LogP contribution < -0.4 is 5.73 Å². The first kappa shape index (κ1) is 14.6. The Morgan fingerprint density at radius 1 is 1.16 bits per heavy atom. The molecule has 1 rings (SSSR count). The maximum absolute atomic E-state index is 11.6. The number of carboxylic acid groups (broad SMARTS) is 3. The molecule has 0 spiro atoms. The third kappa shape index (κ3) is 3.07. The number of likely N-dealkylation sites (tertiary alicyclic amines) is 1. The van der Waals surface area contributed by atoms with Crippen LogP contribution in [0.1, 0.15) is 6.42 Å². The molecule has 9 heteroatoms. The summed E-state index contributed by atoms with van der Waals surface area (Å²) in [6.07, 6.45) is 0.759.